The van der Waals surface area contributed by atoms with Crippen molar-refractivity contribution in [2.24, 2.45) is 0 Å². The average molecular weight is 432 g/mol. The van der Waals surface area contributed by atoms with Gasteiger partial charge in [-0.05, 0) is 61.4 Å². The maximum Gasteiger partial charge on any atom is 0.227 e. The van der Waals surface area contributed by atoms with Gasteiger partial charge >= 0.3 is 0 Å². The maximum absolute atomic E-state index is 13.4. The molecule has 0 aliphatic heterocycles. The van der Waals surface area contributed by atoms with E-state index in [4.69, 9.17) is 4.52 Å². The number of aryl methyl sites for hydroxylation is 3. The Morgan fingerprint density at radius 1 is 1.19 bits per heavy atom. The largest absolute Gasteiger partial charge is 0.339 e. The van der Waals surface area contributed by atoms with Crippen LogP contribution in [0.3, 0.4) is 0 Å². The van der Waals surface area contributed by atoms with Gasteiger partial charge in [0.15, 0.2) is 0 Å². The maximum atomic E-state index is 13.4. The van der Waals surface area contributed by atoms with E-state index in [1.54, 1.807) is 31.0 Å². The fourth-order valence-electron chi connectivity index (χ4n) is 2.62. The molecule has 0 radical (unpaired) electrons. The van der Waals surface area contributed by atoms with Crippen molar-refractivity contribution in [1.29, 1.82) is 0 Å². The van der Waals surface area contributed by atoms with Crippen LogP contribution in [0.4, 0.5) is 10.1 Å². The van der Waals surface area contributed by atoms with Crippen LogP contribution in [0, 0.1) is 19.7 Å². The first kappa shape index (κ1) is 19.2. The van der Waals surface area contributed by atoms with Crippen LogP contribution < -0.4 is 4.90 Å². The van der Waals surface area contributed by atoms with Crippen molar-refractivity contribution >= 4 is 27.5 Å². The average Bonchev–Trinajstić information content (AvgIpc) is 3.12. The zero-order chi connectivity index (χ0) is 19.6. The second kappa shape index (κ2) is 8.00. The number of aromatic nitrogens is 2. The van der Waals surface area contributed by atoms with E-state index in [9.17, 15) is 9.18 Å². The zero-order valence-electron chi connectivity index (χ0n) is 15.3. The Morgan fingerprint density at radius 3 is 2.67 bits per heavy atom. The van der Waals surface area contributed by atoms with E-state index < -0.39 is 0 Å². The summed E-state index contributed by atoms with van der Waals surface area (Å²) in [5.41, 5.74) is 3.08. The summed E-state index contributed by atoms with van der Waals surface area (Å²) in [6.07, 6.45) is 0.585. The minimum atomic E-state index is -0.278. The summed E-state index contributed by atoms with van der Waals surface area (Å²) in [4.78, 5) is 18.4. The summed E-state index contributed by atoms with van der Waals surface area (Å²) in [6, 6.07) is 10.4. The molecule has 1 aromatic heterocycles. The molecular weight excluding hydrogens is 413 g/mol. The smallest absolute Gasteiger partial charge is 0.227 e. The molecule has 3 rings (SSSR count). The van der Waals surface area contributed by atoms with Crippen molar-refractivity contribution in [1.82, 2.24) is 10.1 Å². The number of carbonyl (C=O) groups is 1. The Kier molecular flexibility index (Phi) is 5.70. The van der Waals surface area contributed by atoms with Gasteiger partial charge in [-0.25, -0.2) is 4.39 Å². The third-order valence-corrected chi connectivity index (χ3v) is 5.23. The van der Waals surface area contributed by atoms with E-state index in [0.29, 0.717) is 29.3 Å². The number of benzene rings is 2. The van der Waals surface area contributed by atoms with Gasteiger partial charge in [0.25, 0.3) is 0 Å². The van der Waals surface area contributed by atoms with Crippen LogP contribution in [-0.4, -0.2) is 23.1 Å². The molecule has 7 heteroatoms. The monoisotopic (exact) mass is 431 g/mol. The first-order chi connectivity index (χ1) is 12.8. The summed E-state index contributed by atoms with van der Waals surface area (Å²) in [5.74, 6) is 0.437. The van der Waals surface area contributed by atoms with Gasteiger partial charge in [0.2, 0.25) is 17.6 Å². The van der Waals surface area contributed by atoms with Crippen LogP contribution >= 0.6 is 15.9 Å². The first-order valence-corrected chi connectivity index (χ1v) is 9.26. The highest BCUT2D eigenvalue weighted by Crippen LogP contribution is 2.23. The zero-order valence-corrected chi connectivity index (χ0v) is 16.9. The van der Waals surface area contributed by atoms with E-state index in [1.807, 2.05) is 25.1 Å². The van der Waals surface area contributed by atoms with E-state index in [0.717, 1.165) is 15.7 Å². The van der Waals surface area contributed by atoms with Gasteiger partial charge in [-0.15, -0.1) is 0 Å². The summed E-state index contributed by atoms with van der Waals surface area (Å²) >= 11 is 3.45. The van der Waals surface area contributed by atoms with Crippen LogP contribution in [0.1, 0.15) is 23.4 Å². The molecule has 0 spiro atoms. The number of halogens is 2. The van der Waals surface area contributed by atoms with Gasteiger partial charge in [0, 0.05) is 35.6 Å². The van der Waals surface area contributed by atoms with Gasteiger partial charge in [-0.3, -0.25) is 4.79 Å². The van der Waals surface area contributed by atoms with E-state index >= 15 is 0 Å². The molecule has 0 aliphatic carbocycles. The Balaban J connectivity index is 1.64. The van der Waals surface area contributed by atoms with Gasteiger partial charge in [0.1, 0.15) is 5.82 Å². The summed E-state index contributed by atoms with van der Waals surface area (Å²) in [7, 11) is 1.74. The molecule has 2 aromatic carbocycles. The lowest BCUT2D eigenvalue weighted by molar-refractivity contribution is -0.118. The molecule has 0 aliphatic rings. The minimum absolute atomic E-state index is 0.0471. The third kappa shape index (κ3) is 4.42. The number of anilines is 1. The fourth-order valence-corrected chi connectivity index (χ4v) is 2.87. The molecule has 5 nitrogen and oxygen atoms in total. The molecule has 27 heavy (non-hydrogen) atoms. The summed E-state index contributed by atoms with van der Waals surface area (Å²) in [5, 5.41) is 3.92. The number of hydrogen-bond acceptors (Lipinski definition) is 4. The number of hydrogen-bond donors (Lipinski definition) is 0. The van der Waals surface area contributed by atoms with Crippen LogP contribution in [0.25, 0.3) is 11.4 Å². The van der Waals surface area contributed by atoms with Gasteiger partial charge in [-0.1, -0.05) is 21.1 Å². The van der Waals surface area contributed by atoms with Crippen molar-refractivity contribution in [3.05, 3.63) is 63.7 Å². The molecular formula is C20H19BrFN3O2. The van der Waals surface area contributed by atoms with Crippen LogP contribution in [-0.2, 0) is 11.2 Å². The third-order valence-electron chi connectivity index (χ3n) is 4.34. The van der Waals surface area contributed by atoms with Crippen molar-refractivity contribution in [2.45, 2.75) is 26.7 Å². The molecule has 0 atom stereocenters. The molecule has 140 valence electrons. The Bertz CT molecular complexity index is 987. The highest BCUT2D eigenvalue weighted by molar-refractivity contribution is 9.10. The molecule has 3 aromatic rings. The molecule has 1 heterocycles. The Labute approximate surface area is 165 Å². The van der Waals surface area contributed by atoms with Crippen LogP contribution in [0.15, 0.2) is 45.4 Å². The quantitative estimate of drug-likeness (QED) is 0.579. The van der Waals surface area contributed by atoms with E-state index in [2.05, 4.69) is 26.1 Å². The van der Waals surface area contributed by atoms with Crippen LogP contribution in [0.2, 0.25) is 0 Å². The normalized spacial score (nSPS) is 10.9. The highest BCUT2D eigenvalue weighted by Gasteiger charge is 2.15. The number of rotatable bonds is 5. The van der Waals surface area contributed by atoms with Crippen LogP contribution in [0.5, 0.6) is 0 Å². The van der Waals surface area contributed by atoms with Gasteiger partial charge in [-0.2, -0.15) is 4.98 Å². The van der Waals surface area contributed by atoms with Crippen molar-refractivity contribution in [3.8, 4) is 11.4 Å². The summed E-state index contributed by atoms with van der Waals surface area (Å²) in [6.45, 7) is 3.65. The number of carbonyl (C=O) groups excluding carboxylic acids is 1. The molecule has 0 unspecified atom stereocenters. The molecule has 1 amide bonds. The Morgan fingerprint density at radius 2 is 1.96 bits per heavy atom. The van der Waals surface area contributed by atoms with Gasteiger partial charge < -0.3 is 9.42 Å². The highest BCUT2D eigenvalue weighted by atomic mass is 79.9. The van der Waals surface area contributed by atoms with Gasteiger partial charge in [0.05, 0.1) is 0 Å². The molecule has 0 saturated carbocycles. The Hall–Kier alpha value is -2.54. The number of nitrogens with zero attached hydrogens (tertiary/aromatic N) is 3. The van der Waals surface area contributed by atoms with E-state index in [-0.39, 0.29) is 18.1 Å². The second-order valence-electron chi connectivity index (χ2n) is 6.36. The molecule has 0 fully saturated rings. The molecule has 0 N–H and O–H groups in total. The number of amides is 1. The fraction of sp³-hybridized carbons (Fsp3) is 0.250. The lowest BCUT2D eigenvalue weighted by Gasteiger charge is -2.17. The van der Waals surface area contributed by atoms with E-state index in [1.165, 1.54) is 6.07 Å². The summed E-state index contributed by atoms with van der Waals surface area (Å²) < 4.78 is 19.6. The van der Waals surface area contributed by atoms with Crippen molar-refractivity contribution < 1.29 is 13.7 Å². The molecule has 0 saturated heterocycles. The van der Waals surface area contributed by atoms with Crippen molar-refractivity contribution in [2.75, 3.05) is 11.9 Å². The lowest BCUT2D eigenvalue weighted by Crippen LogP contribution is -2.26. The minimum Gasteiger partial charge on any atom is -0.339 e. The predicted octanol–water partition coefficient (Wildman–Crippen LogP) is 4.85. The molecule has 0 bridgehead atoms. The first-order valence-electron chi connectivity index (χ1n) is 8.47. The topological polar surface area (TPSA) is 59.2 Å². The second-order valence-corrected chi connectivity index (χ2v) is 7.22. The predicted molar refractivity (Wildman–Crippen MR) is 105 cm³/mol. The lowest BCUT2D eigenvalue weighted by atomic mass is 10.1. The SMILES string of the molecule is Cc1cc(-c2noc(CCC(=O)N(C)c3ccc(Br)c(C)c3)n2)ccc1F. The standard InChI is InChI=1S/C20H19BrFN3O2/c1-12-11-15(5-6-16(12)21)25(3)19(26)9-8-18-23-20(24-27-18)14-4-7-17(22)13(2)10-14/h4-7,10-11H,8-9H2,1-3H3. The van der Waals surface area contributed by atoms with Crippen molar-refractivity contribution in [3.63, 3.8) is 0 Å².